The van der Waals surface area contributed by atoms with Crippen LogP contribution in [0.15, 0.2) is 6.07 Å². The second-order valence-electron chi connectivity index (χ2n) is 4.53. The quantitative estimate of drug-likeness (QED) is 0.839. The molecule has 98 valence electrons. The summed E-state index contributed by atoms with van der Waals surface area (Å²) >= 11 is 6.27. The van der Waals surface area contributed by atoms with Crippen molar-refractivity contribution in [2.75, 3.05) is 14.2 Å². The van der Waals surface area contributed by atoms with Crippen LogP contribution >= 0.6 is 11.6 Å². The van der Waals surface area contributed by atoms with Crippen LogP contribution in [-0.2, 0) is 6.54 Å². The molecule has 1 aromatic carbocycles. The van der Waals surface area contributed by atoms with Crippen LogP contribution in [0.4, 0.5) is 0 Å². The van der Waals surface area contributed by atoms with E-state index in [1.54, 1.807) is 7.11 Å². The first-order valence-corrected chi connectivity index (χ1v) is 6.22. The maximum absolute atomic E-state index is 8.93. The molecule has 0 amide bonds. The number of ether oxygens (including phenoxy) is 1. The van der Waals surface area contributed by atoms with E-state index in [-0.39, 0.29) is 6.04 Å². The molecule has 1 rings (SSSR count). The van der Waals surface area contributed by atoms with E-state index in [1.165, 1.54) is 0 Å². The Morgan fingerprint density at radius 2 is 2.11 bits per heavy atom. The van der Waals surface area contributed by atoms with Crippen LogP contribution in [0.5, 0.6) is 5.75 Å². The summed E-state index contributed by atoms with van der Waals surface area (Å²) < 4.78 is 5.41. The van der Waals surface area contributed by atoms with Crippen LogP contribution in [0.2, 0.25) is 5.02 Å². The average Bonchev–Trinajstić information content (AvgIpc) is 2.37. The van der Waals surface area contributed by atoms with Crippen molar-refractivity contribution in [2.24, 2.45) is 0 Å². The molecular formula is C14H19ClN2O. The fraction of sp³-hybridized carbons (Fsp3) is 0.500. The van der Waals surface area contributed by atoms with E-state index in [9.17, 15) is 0 Å². The van der Waals surface area contributed by atoms with Gasteiger partial charge in [0.05, 0.1) is 19.2 Å². The zero-order valence-corrected chi connectivity index (χ0v) is 12.3. The number of nitrogens with zero attached hydrogens (tertiary/aromatic N) is 2. The molecule has 0 aliphatic heterocycles. The Bertz CT molecular complexity index is 480. The summed E-state index contributed by atoms with van der Waals surface area (Å²) in [5, 5.41) is 9.70. The SMILES string of the molecule is COc1cc(C)c(Cl)c(C)c1CN(C)C(C)C#N. The van der Waals surface area contributed by atoms with Crippen molar-refractivity contribution >= 4 is 11.6 Å². The highest BCUT2D eigenvalue weighted by Gasteiger charge is 2.16. The van der Waals surface area contributed by atoms with Crippen LogP contribution < -0.4 is 4.74 Å². The van der Waals surface area contributed by atoms with Crippen molar-refractivity contribution in [1.29, 1.82) is 5.26 Å². The lowest BCUT2D eigenvalue weighted by molar-refractivity contribution is 0.287. The van der Waals surface area contributed by atoms with Gasteiger partial charge in [-0.2, -0.15) is 5.26 Å². The summed E-state index contributed by atoms with van der Waals surface area (Å²) in [4.78, 5) is 1.97. The highest BCUT2D eigenvalue weighted by molar-refractivity contribution is 6.32. The fourth-order valence-electron chi connectivity index (χ4n) is 1.82. The molecule has 18 heavy (non-hydrogen) atoms. The molecule has 0 saturated carbocycles. The smallest absolute Gasteiger partial charge is 0.123 e. The number of methoxy groups -OCH3 is 1. The van der Waals surface area contributed by atoms with Gasteiger partial charge in [-0.3, -0.25) is 4.90 Å². The average molecular weight is 267 g/mol. The molecule has 0 aromatic heterocycles. The summed E-state index contributed by atoms with van der Waals surface area (Å²) in [6.45, 7) is 6.46. The molecule has 0 N–H and O–H groups in total. The minimum Gasteiger partial charge on any atom is -0.496 e. The summed E-state index contributed by atoms with van der Waals surface area (Å²) in [7, 11) is 3.57. The number of hydrogen-bond donors (Lipinski definition) is 0. The van der Waals surface area contributed by atoms with E-state index in [0.29, 0.717) is 6.54 Å². The van der Waals surface area contributed by atoms with Crippen molar-refractivity contribution in [3.8, 4) is 11.8 Å². The standard InChI is InChI=1S/C14H19ClN2O/c1-9-6-13(18-5)12(11(3)14(9)15)8-17(4)10(2)7-16/h6,10H,8H2,1-5H3. The molecule has 0 aliphatic rings. The van der Waals surface area contributed by atoms with Gasteiger partial charge >= 0.3 is 0 Å². The Morgan fingerprint density at radius 3 is 2.61 bits per heavy atom. The Kier molecular flexibility index (Phi) is 5.01. The number of rotatable bonds is 4. The summed E-state index contributed by atoms with van der Waals surface area (Å²) in [5.41, 5.74) is 3.06. The Labute approximate surface area is 114 Å². The van der Waals surface area contributed by atoms with Crippen molar-refractivity contribution in [1.82, 2.24) is 4.90 Å². The summed E-state index contributed by atoms with van der Waals surface area (Å²) in [5.74, 6) is 0.825. The molecule has 0 bridgehead atoms. The minimum absolute atomic E-state index is 0.144. The molecule has 4 heteroatoms. The number of nitriles is 1. The van der Waals surface area contributed by atoms with Gasteiger partial charge in [-0.25, -0.2) is 0 Å². The van der Waals surface area contributed by atoms with E-state index >= 15 is 0 Å². The first-order chi connectivity index (χ1) is 8.42. The predicted octanol–water partition coefficient (Wildman–Crippen LogP) is 3.31. The van der Waals surface area contributed by atoms with E-state index in [0.717, 1.165) is 27.5 Å². The first kappa shape index (κ1) is 14.8. The fourth-order valence-corrected chi connectivity index (χ4v) is 1.99. The van der Waals surface area contributed by atoms with Gasteiger partial charge in [0.25, 0.3) is 0 Å². The van der Waals surface area contributed by atoms with E-state index in [1.807, 2.05) is 38.8 Å². The summed E-state index contributed by atoms with van der Waals surface area (Å²) in [6.07, 6.45) is 0. The maximum atomic E-state index is 8.93. The van der Waals surface area contributed by atoms with Crippen LogP contribution in [0.3, 0.4) is 0 Å². The van der Waals surface area contributed by atoms with E-state index in [2.05, 4.69) is 6.07 Å². The van der Waals surface area contributed by atoms with Gasteiger partial charge in [-0.05, 0) is 45.0 Å². The minimum atomic E-state index is -0.144. The van der Waals surface area contributed by atoms with Gasteiger partial charge in [0, 0.05) is 17.1 Å². The van der Waals surface area contributed by atoms with Gasteiger partial charge in [0.15, 0.2) is 0 Å². The monoisotopic (exact) mass is 266 g/mol. The largest absolute Gasteiger partial charge is 0.496 e. The highest BCUT2D eigenvalue weighted by atomic mass is 35.5. The lowest BCUT2D eigenvalue weighted by Gasteiger charge is -2.22. The van der Waals surface area contributed by atoms with Crippen LogP contribution in [-0.4, -0.2) is 25.1 Å². The van der Waals surface area contributed by atoms with Crippen LogP contribution in [0.1, 0.15) is 23.6 Å². The van der Waals surface area contributed by atoms with Crippen LogP contribution in [0, 0.1) is 25.2 Å². The molecule has 1 unspecified atom stereocenters. The predicted molar refractivity (Wildman–Crippen MR) is 74.0 cm³/mol. The lowest BCUT2D eigenvalue weighted by Crippen LogP contribution is -2.27. The third-order valence-corrected chi connectivity index (χ3v) is 3.83. The third-order valence-electron chi connectivity index (χ3n) is 3.25. The number of benzene rings is 1. The van der Waals surface area contributed by atoms with E-state index < -0.39 is 0 Å². The van der Waals surface area contributed by atoms with E-state index in [4.69, 9.17) is 21.6 Å². The molecule has 0 heterocycles. The molecule has 0 aliphatic carbocycles. The van der Waals surface area contributed by atoms with Gasteiger partial charge < -0.3 is 4.74 Å². The third kappa shape index (κ3) is 2.95. The summed E-state index contributed by atoms with van der Waals surface area (Å²) in [6, 6.07) is 4.02. The number of halogens is 1. The number of hydrogen-bond acceptors (Lipinski definition) is 3. The Morgan fingerprint density at radius 1 is 1.50 bits per heavy atom. The molecule has 0 fully saturated rings. The van der Waals surface area contributed by atoms with Gasteiger partial charge in [0.1, 0.15) is 5.75 Å². The topological polar surface area (TPSA) is 36.3 Å². The van der Waals surface area contributed by atoms with Crippen molar-refractivity contribution in [3.63, 3.8) is 0 Å². The first-order valence-electron chi connectivity index (χ1n) is 5.84. The molecule has 0 saturated heterocycles. The van der Waals surface area contributed by atoms with Crippen molar-refractivity contribution in [3.05, 3.63) is 27.8 Å². The molecule has 1 aromatic rings. The molecule has 3 nitrogen and oxygen atoms in total. The second kappa shape index (κ2) is 6.08. The Balaban J connectivity index is 3.16. The molecular weight excluding hydrogens is 248 g/mol. The maximum Gasteiger partial charge on any atom is 0.123 e. The zero-order chi connectivity index (χ0) is 13.9. The number of aryl methyl sites for hydroxylation is 1. The lowest BCUT2D eigenvalue weighted by atomic mass is 10.0. The van der Waals surface area contributed by atoms with Crippen molar-refractivity contribution in [2.45, 2.75) is 33.4 Å². The molecule has 1 atom stereocenters. The van der Waals surface area contributed by atoms with Crippen LogP contribution in [0.25, 0.3) is 0 Å². The van der Waals surface area contributed by atoms with Gasteiger partial charge in [0.2, 0.25) is 0 Å². The normalized spacial score (nSPS) is 12.3. The highest BCUT2D eigenvalue weighted by Crippen LogP contribution is 2.32. The molecule has 0 radical (unpaired) electrons. The Hall–Kier alpha value is -1.24. The molecule has 0 spiro atoms. The van der Waals surface area contributed by atoms with Crippen molar-refractivity contribution < 1.29 is 4.74 Å². The van der Waals surface area contributed by atoms with Gasteiger partial charge in [-0.15, -0.1) is 0 Å². The second-order valence-corrected chi connectivity index (χ2v) is 4.91. The van der Waals surface area contributed by atoms with Gasteiger partial charge in [-0.1, -0.05) is 11.6 Å². The zero-order valence-electron chi connectivity index (χ0n) is 11.5.